The van der Waals surface area contributed by atoms with Crippen molar-refractivity contribution in [1.82, 2.24) is 10.6 Å². The van der Waals surface area contributed by atoms with Crippen LogP contribution in [0.3, 0.4) is 0 Å². The molecule has 2 aliphatic heterocycles. The molecule has 5 nitrogen and oxygen atoms in total. The molecule has 0 bridgehead atoms. The van der Waals surface area contributed by atoms with Gasteiger partial charge in [-0.15, -0.1) is 0 Å². The van der Waals surface area contributed by atoms with Gasteiger partial charge in [0, 0.05) is 25.6 Å². The van der Waals surface area contributed by atoms with Crippen LogP contribution < -0.4 is 10.6 Å². The number of aliphatic hydroxyl groups excluding tert-OH is 1. The second-order valence-electron chi connectivity index (χ2n) is 6.20. The van der Waals surface area contributed by atoms with Gasteiger partial charge in [0.05, 0.1) is 18.2 Å². The molecule has 2 heterocycles. The first-order valence-electron chi connectivity index (χ1n) is 8.10. The van der Waals surface area contributed by atoms with Gasteiger partial charge < -0.3 is 20.5 Å². The molecule has 2 saturated heterocycles. The van der Waals surface area contributed by atoms with Crippen molar-refractivity contribution in [2.75, 3.05) is 19.7 Å². The first-order chi connectivity index (χ1) is 10.7. The fourth-order valence-electron chi connectivity index (χ4n) is 3.34. The molecule has 0 aromatic heterocycles. The van der Waals surface area contributed by atoms with Gasteiger partial charge in [-0.05, 0) is 24.8 Å². The molecular weight excluding hydrogens is 280 g/mol. The third-order valence-corrected chi connectivity index (χ3v) is 4.54. The molecule has 0 unspecified atom stereocenters. The highest BCUT2D eigenvalue weighted by Gasteiger charge is 2.31. The largest absolute Gasteiger partial charge is 0.392 e. The SMILES string of the molecule is O=C(NC[C@@H]1CCCO[C@@H]1c1ccccc1)[C@H]1C[C@H](O)CN1. The van der Waals surface area contributed by atoms with E-state index in [1.807, 2.05) is 18.2 Å². The predicted molar refractivity (Wildman–Crippen MR) is 83.3 cm³/mol. The molecule has 0 aliphatic carbocycles. The van der Waals surface area contributed by atoms with Crippen molar-refractivity contribution in [3.8, 4) is 0 Å². The number of β-amino-alcohol motifs (C(OH)–C–C–N with tert-alkyl or cyclic N) is 1. The predicted octanol–water partition coefficient (Wildman–Crippen LogP) is 0.993. The van der Waals surface area contributed by atoms with Crippen LogP contribution in [0.4, 0.5) is 0 Å². The van der Waals surface area contributed by atoms with Gasteiger partial charge in [0.2, 0.25) is 5.91 Å². The molecule has 0 radical (unpaired) electrons. The van der Waals surface area contributed by atoms with E-state index >= 15 is 0 Å². The van der Waals surface area contributed by atoms with Crippen LogP contribution in [0.1, 0.15) is 30.9 Å². The molecule has 3 N–H and O–H groups in total. The fraction of sp³-hybridized carbons (Fsp3) is 0.588. The maximum absolute atomic E-state index is 12.2. The van der Waals surface area contributed by atoms with E-state index in [0.29, 0.717) is 25.4 Å². The molecule has 1 aromatic carbocycles. The van der Waals surface area contributed by atoms with Gasteiger partial charge in [0.25, 0.3) is 0 Å². The van der Waals surface area contributed by atoms with Crippen LogP contribution in [0.2, 0.25) is 0 Å². The average Bonchev–Trinajstić information content (AvgIpc) is 3.00. The molecule has 0 saturated carbocycles. The molecule has 120 valence electrons. The highest BCUT2D eigenvalue weighted by Crippen LogP contribution is 2.33. The van der Waals surface area contributed by atoms with Crippen molar-refractivity contribution >= 4 is 5.91 Å². The molecule has 5 heteroatoms. The number of carbonyl (C=O) groups excluding carboxylic acids is 1. The summed E-state index contributed by atoms with van der Waals surface area (Å²) in [6, 6.07) is 9.94. The van der Waals surface area contributed by atoms with Crippen LogP contribution >= 0.6 is 0 Å². The molecule has 2 fully saturated rings. The second-order valence-corrected chi connectivity index (χ2v) is 6.20. The highest BCUT2D eigenvalue weighted by molar-refractivity contribution is 5.82. The summed E-state index contributed by atoms with van der Waals surface area (Å²) in [7, 11) is 0. The lowest BCUT2D eigenvalue weighted by Crippen LogP contribution is -2.43. The number of hydrogen-bond donors (Lipinski definition) is 3. The Morgan fingerprint density at radius 1 is 1.36 bits per heavy atom. The van der Waals surface area contributed by atoms with Crippen LogP contribution in [-0.4, -0.2) is 42.9 Å². The number of benzene rings is 1. The lowest BCUT2D eigenvalue weighted by Gasteiger charge is -2.32. The van der Waals surface area contributed by atoms with E-state index in [1.165, 1.54) is 5.56 Å². The number of amides is 1. The van der Waals surface area contributed by atoms with Crippen molar-refractivity contribution in [2.24, 2.45) is 5.92 Å². The molecule has 2 aliphatic rings. The molecule has 22 heavy (non-hydrogen) atoms. The quantitative estimate of drug-likeness (QED) is 0.776. The number of carbonyl (C=O) groups is 1. The van der Waals surface area contributed by atoms with Gasteiger partial charge in [-0.3, -0.25) is 4.79 Å². The minimum atomic E-state index is -0.411. The molecule has 1 amide bonds. The second kappa shape index (κ2) is 7.22. The van der Waals surface area contributed by atoms with Crippen LogP contribution in [0.25, 0.3) is 0 Å². The van der Waals surface area contributed by atoms with Crippen molar-refractivity contribution in [2.45, 2.75) is 37.5 Å². The Balaban J connectivity index is 1.57. The van der Waals surface area contributed by atoms with Crippen LogP contribution in [0, 0.1) is 5.92 Å². The number of nitrogens with one attached hydrogen (secondary N) is 2. The fourth-order valence-corrected chi connectivity index (χ4v) is 3.34. The number of ether oxygens (including phenoxy) is 1. The Morgan fingerprint density at radius 2 is 2.18 bits per heavy atom. The zero-order valence-electron chi connectivity index (χ0n) is 12.7. The van der Waals surface area contributed by atoms with E-state index in [0.717, 1.165) is 19.4 Å². The zero-order chi connectivity index (χ0) is 15.4. The van der Waals surface area contributed by atoms with E-state index in [2.05, 4.69) is 22.8 Å². The van der Waals surface area contributed by atoms with E-state index in [1.54, 1.807) is 0 Å². The summed E-state index contributed by atoms with van der Waals surface area (Å²) >= 11 is 0. The summed E-state index contributed by atoms with van der Waals surface area (Å²) in [6.07, 6.45) is 2.23. The van der Waals surface area contributed by atoms with Crippen LogP contribution in [0.5, 0.6) is 0 Å². The lowest BCUT2D eigenvalue weighted by molar-refractivity contribution is -0.123. The maximum Gasteiger partial charge on any atom is 0.237 e. The monoisotopic (exact) mass is 304 g/mol. The van der Waals surface area contributed by atoms with Gasteiger partial charge in [-0.1, -0.05) is 30.3 Å². The van der Waals surface area contributed by atoms with Crippen molar-refractivity contribution in [3.63, 3.8) is 0 Å². The summed E-state index contributed by atoms with van der Waals surface area (Å²) in [5.41, 5.74) is 1.18. The summed E-state index contributed by atoms with van der Waals surface area (Å²) in [6.45, 7) is 1.89. The van der Waals surface area contributed by atoms with Gasteiger partial charge in [0.1, 0.15) is 0 Å². The van der Waals surface area contributed by atoms with Gasteiger partial charge in [-0.25, -0.2) is 0 Å². The number of aliphatic hydroxyl groups is 1. The smallest absolute Gasteiger partial charge is 0.237 e. The highest BCUT2D eigenvalue weighted by atomic mass is 16.5. The third kappa shape index (κ3) is 3.66. The van der Waals surface area contributed by atoms with Crippen molar-refractivity contribution < 1.29 is 14.6 Å². The Morgan fingerprint density at radius 3 is 2.91 bits per heavy atom. The van der Waals surface area contributed by atoms with E-state index in [4.69, 9.17) is 4.74 Å². The summed E-state index contributed by atoms with van der Waals surface area (Å²) in [5.74, 6) is 0.278. The average molecular weight is 304 g/mol. The Labute approximate surface area is 131 Å². The zero-order valence-corrected chi connectivity index (χ0v) is 12.7. The van der Waals surface area contributed by atoms with Crippen molar-refractivity contribution in [3.05, 3.63) is 35.9 Å². The molecule has 1 aromatic rings. The first kappa shape index (κ1) is 15.5. The minimum Gasteiger partial charge on any atom is -0.392 e. The Kier molecular flexibility index (Phi) is 5.08. The van der Waals surface area contributed by atoms with Gasteiger partial charge >= 0.3 is 0 Å². The van der Waals surface area contributed by atoms with Gasteiger partial charge in [0.15, 0.2) is 0 Å². The Bertz CT molecular complexity index is 494. The standard InChI is InChI=1S/C17H24N2O3/c20-14-9-15(18-11-14)17(21)19-10-13-7-4-8-22-16(13)12-5-2-1-3-6-12/h1-3,5-6,13-16,18,20H,4,7-11H2,(H,19,21)/t13-,14-,15+,16+/m0/s1. The normalized spacial score (nSPS) is 31.9. The number of hydrogen-bond acceptors (Lipinski definition) is 4. The summed E-state index contributed by atoms with van der Waals surface area (Å²) in [4.78, 5) is 12.2. The van der Waals surface area contributed by atoms with E-state index < -0.39 is 6.10 Å². The molecule has 3 rings (SSSR count). The van der Waals surface area contributed by atoms with Crippen molar-refractivity contribution in [1.29, 1.82) is 0 Å². The van der Waals surface area contributed by atoms with Gasteiger partial charge in [-0.2, -0.15) is 0 Å². The third-order valence-electron chi connectivity index (χ3n) is 4.54. The van der Waals surface area contributed by atoms with E-state index in [-0.39, 0.29) is 18.1 Å². The number of rotatable bonds is 4. The maximum atomic E-state index is 12.2. The topological polar surface area (TPSA) is 70.6 Å². The summed E-state index contributed by atoms with van der Waals surface area (Å²) < 4.78 is 5.94. The van der Waals surface area contributed by atoms with E-state index in [9.17, 15) is 9.90 Å². The molecular formula is C17H24N2O3. The lowest BCUT2D eigenvalue weighted by atomic mass is 9.89. The van der Waals surface area contributed by atoms with Crippen LogP contribution in [0.15, 0.2) is 30.3 Å². The first-order valence-corrected chi connectivity index (χ1v) is 8.10. The molecule has 0 spiro atoms. The Hall–Kier alpha value is -1.43. The molecule has 4 atom stereocenters. The minimum absolute atomic E-state index is 0.0195. The summed E-state index contributed by atoms with van der Waals surface area (Å²) in [5, 5.41) is 15.6. The van der Waals surface area contributed by atoms with Crippen LogP contribution in [-0.2, 0) is 9.53 Å².